The fourth-order valence-electron chi connectivity index (χ4n) is 3.21. The van der Waals surface area contributed by atoms with Crippen molar-refractivity contribution in [1.82, 2.24) is 14.3 Å². The Kier molecular flexibility index (Phi) is 5.60. The number of nitrogens with one attached hydrogen (secondary N) is 2. The highest BCUT2D eigenvalue weighted by molar-refractivity contribution is 7.90. The lowest BCUT2D eigenvalue weighted by Gasteiger charge is -2.26. The van der Waals surface area contributed by atoms with Gasteiger partial charge >= 0.3 is 0 Å². The van der Waals surface area contributed by atoms with Gasteiger partial charge in [-0.05, 0) is 60.5 Å². The number of hydrogen-bond acceptors (Lipinski definition) is 6. The van der Waals surface area contributed by atoms with E-state index < -0.39 is 20.0 Å². The Hall–Kier alpha value is -1.30. The number of hydrogen-bond donors (Lipinski definition) is 2. The molecule has 0 bridgehead atoms. The highest BCUT2D eigenvalue weighted by Gasteiger charge is 2.28. The zero-order valence-corrected chi connectivity index (χ0v) is 17.7. The molecule has 1 fully saturated rings. The zero-order valence-electron chi connectivity index (χ0n) is 15.3. The van der Waals surface area contributed by atoms with Gasteiger partial charge in [-0.25, -0.2) is 26.3 Å². The van der Waals surface area contributed by atoms with E-state index in [-0.39, 0.29) is 15.8 Å². The van der Waals surface area contributed by atoms with Crippen molar-refractivity contribution in [3.63, 3.8) is 0 Å². The van der Waals surface area contributed by atoms with Gasteiger partial charge in [-0.2, -0.15) is 0 Å². The van der Waals surface area contributed by atoms with Crippen LogP contribution in [0.3, 0.4) is 0 Å². The number of fused-ring (bicyclic) bond motifs is 1. The smallest absolute Gasteiger partial charge is 0.240 e. The molecule has 2 aromatic rings. The van der Waals surface area contributed by atoms with Crippen LogP contribution in [0.1, 0.15) is 23.3 Å². The molecule has 0 amide bonds. The lowest BCUT2D eigenvalue weighted by molar-refractivity contribution is 0.260. The third kappa shape index (κ3) is 4.64. The molecule has 0 radical (unpaired) electrons. The monoisotopic (exact) mass is 441 g/mol. The summed E-state index contributed by atoms with van der Waals surface area (Å²) in [6.45, 7) is 2.72. The molecular weight excluding hydrogens is 418 g/mol. The maximum absolute atomic E-state index is 12.5. The fourth-order valence-corrected chi connectivity index (χ4v) is 6.42. The van der Waals surface area contributed by atoms with E-state index in [0.29, 0.717) is 13.1 Å². The zero-order chi connectivity index (χ0) is 19.8. The Morgan fingerprint density at radius 3 is 2.36 bits per heavy atom. The van der Waals surface area contributed by atoms with Crippen molar-refractivity contribution in [2.45, 2.75) is 41.6 Å². The Morgan fingerprint density at radius 2 is 1.68 bits per heavy atom. The average Bonchev–Trinajstić information content (AvgIpc) is 3.34. The van der Waals surface area contributed by atoms with Gasteiger partial charge in [0.1, 0.15) is 0 Å². The highest BCUT2D eigenvalue weighted by atomic mass is 32.2. The van der Waals surface area contributed by atoms with Gasteiger partial charge in [-0.1, -0.05) is 0 Å². The van der Waals surface area contributed by atoms with E-state index in [9.17, 15) is 16.8 Å². The van der Waals surface area contributed by atoms with Gasteiger partial charge in [0.25, 0.3) is 0 Å². The minimum absolute atomic E-state index is 0.00928. The molecule has 0 spiro atoms. The summed E-state index contributed by atoms with van der Waals surface area (Å²) in [7, 11) is -7.25. The summed E-state index contributed by atoms with van der Waals surface area (Å²) in [5.74, 6) is 0. The molecule has 2 heterocycles. The third-order valence-electron chi connectivity index (χ3n) is 4.95. The summed E-state index contributed by atoms with van der Waals surface area (Å²) in [5.41, 5.74) is 1.33. The Labute approximate surface area is 169 Å². The molecule has 2 aliphatic rings. The number of thiophene rings is 1. The lowest BCUT2D eigenvalue weighted by Crippen LogP contribution is -2.37. The first-order chi connectivity index (χ1) is 13.3. The van der Waals surface area contributed by atoms with Crippen molar-refractivity contribution in [3.8, 4) is 0 Å². The summed E-state index contributed by atoms with van der Waals surface area (Å²) in [6.07, 6.45) is 2.70. The molecule has 1 aromatic heterocycles. The number of nitrogens with zero attached hydrogens (tertiary/aromatic N) is 1. The van der Waals surface area contributed by atoms with Crippen molar-refractivity contribution in [2.24, 2.45) is 0 Å². The van der Waals surface area contributed by atoms with Gasteiger partial charge in [0.2, 0.25) is 20.0 Å². The topological polar surface area (TPSA) is 95.6 Å². The average molecular weight is 442 g/mol. The SMILES string of the molecule is O=S(=O)(NCCN1CCc2sccc2C1)c1ccc(S(=O)(=O)NC2CC2)cc1. The van der Waals surface area contributed by atoms with Crippen molar-refractivity contribution in [1.29, 1.82) is 0 Å². The van der Waals surface area contributed by atoms with E-state index in [2.05, 4.69) is 25.8 Å². The van der Waals surface area contributed by atoms with E-state index in [1.54, 1.807) is 11.3 Å². The summed E-state index contributed by atoms with van der Waals surface area (Å²) in [4.78, 5) is 3.80. The molecule has 1 saturated carbocycles. The van der Waals surface area contributed by atoms with E-state index in [4.69, 9.17) is 0 Å². The van der Waals surface area contributed by atoms with Gasteiger partial charge in [-0.15, -0.1) is 11.3 Å². The number of benzene rings is 1. The molecule has 4 rings (SSSR count). The first-order valence-electron chi connectivity index (χ1n) is 9.23. The van der Waals surface area contributed by atoms with Crippen molar-refractivity contribution >= 4 is 31.4 Å². The van der Waals surface area contributed by atoms with E-state index in [1.165, 1.54) is 34.7 Å². The molecule has 0 unspecified atom stereocenters. The molecule has 152 valence electrons. The Morgan fingerprint density at radius 1 is 1.00 bits per heavy atom. The van der Waals surface area contributed by atoms with E-state index >= 15 is 0 Å². The van der Waals surface area contributed by atoms with Crippen LogP contribution in [-0.2, 0) is 33.0 Å². The van der Waals surface area contributed by atoms with Gasteiger partial charge in [0.15, 0.2) is 0 Å². The normalized spacial score (nSPS) is 18.1. The fraction of sp³-hybridized carbons (Fsp3) is 0.444. The van der Waals surface area contributed by atoms with Crippen molar-refractivity contribution in [3.05, 3.63) is 46.2 Å². The minimum atomic E-state index is -3.67. The molecule has 2 N–H and O–H groups in total. The molecule has 1 aliphatic carbocycles. The van der Waals surface area contributed by atoms with Crippen molar-refractivity contribution < 1.29 is 16.8 Å². The largest absolute Gasteiger partial charge is 0.297 e. The summed E-state index contributed by atoms with van der Waals surface area (Å²) < 4.78 is 54.5. The van der Waals surface area contributed by atoms with Crippen LogP contribution >= 0.6 is 11.3 Å². The summed E-state index contributed by atoms with van der Waals surface area (Å²) in [6, 6.07) is 7.48. The molecular formula is C18H23N3O4S3. The van der Waals surface area contributed by atoms with E-state index in [0.717, 1.165) is 32.4 Å². The standard InChI is InChI=1S/C18H23N3O4S3/c22-27(23,19-9-11-21-10-7-18-14(13-21)8-12-26-18)16-3-5-17(6-4-16)28(24,25)20-15-1-2-15/h3-6,8,12,15,19-20H,1-2,7,9-11,13H2. The molecule has 1 aliphatic heterocycles. The minimum Gasteiger partial charge on any atom is -0.297 e. The first-order valence-corrected chi connectivity index (χ1v) is 13.1. The quantitative estimate of drug-likeness (QED) is 0.648. The van der Waals surface area contributed by atoms with Crippen LogP contribution < -0.4 is 9.44 Å². The van der Waals surface area contributed by atoms with Crippen LogP contribution in [0, 0.1) is 0 Å². The van der Waals surface area contributed by atoms with Gasteiger partial charge in [0, 0.05) is 37.1 Å². The molecule has 1 aromatic carbocycles. The van der Waals surface area contributed by atoms with Crippen LogP contribution in [0.5, 0.6) is 0 Å². The van der Waals surface area contributed by atoms with Crippen LogP contribution in [0.25, 0.3) is 0 Å². The van der Waals surface area contributed by atoms with Gasteiger partial charge in [0.05, 0.1) is 9.79 Å². The molecule has 0 saturated heterocycles. The van der Waals surface area contributed by atoms with Gasteiger partial charge in [-0.3, -0.25) is 4.90 Å². The predicted molar refractivity (Wildman–Crippen MR) is 108 cm³/mol. The Bertz CT molecular complexity index is 1040. The van der Waals surface area contributed by atoms with Crippen molar-refractivity contribution in [2.75, 3.05) is 19.6 Å². The molecule has 10 heteroatoms. The van der Waals surface area contributed by atoms with Crippen LogP contribution in [0.2, 0.25) is 0 Å². The molecule has 0 atom stereocenters. The van der Waals surface area contributed by atoms with Crippen LogP contribution in [0.15, 0.2) is 45.5 Å². The number of sulfonamides is 2. The third-order valence-corrected chi connectivity index (χ3v) is 8.99. The maximum Gasteiger partial charge on any atom is 0.240 e. The Balaban J connectivity index is 1.33. The highest BCUT2D eigenvalue weighted by Crippen LogP contribution is 2.24. The number of rotatable bonds is 8. The lowest BCUT2D eigenvalue weighted by atomic mass is 10.1. The second-order valence-corrected chi connectivity index (χ2v) is 11.6. The van der Waals surface area contributed by atoms with Gasteiger partial charge < -0.3 is 0 Å². The summed E-state index contributed by atoms with van der Waals surface area (Å²) in [5, 5.41) is 2.10. The van der Waals surface area contributed by atoms with Crippen LogP contribution in [0.4, 0.5) is 0 Å². The second-order valence-electron chi connectivity index (χ2n) is 7.16. The maximum atomic E-state index is 12.5. The van der Waals surface area contributed by atoms with E-state index in [1.807, 2.05) is 0 Å². The molecule has 28 heavy (non-hydrogen) atoms. The van der Waals surface area contributed by atoms with Crippen LogP contribution in [-0.4, -0.2) is 47.4 Å². The summed E-state index contributed by atoms with van der Waals surface area (Å²) >= 11 is 1.78. The molecule has 7 nitrogen and oxygen atoms in total. The predicted octanol–water partition coefficient (Wildman–Crippen LogP) is 1.53. The first kappa shape index (κ1) is 20.0. The second kappa shape index (κ2) is 7.85.